The van der Waals surface area contributed by atoms with E-state index >= 15 is 0 Å². The second-order valence-electron chi connectivity index (χ2n) is 6.36. The number of hydrogen-bond acceptors (Lipinski definition) is 3. The van der Waals surface area contributed by atoms with Crippen molar-refractivity contribution in [3.63, 3.8) is 0 Å². The van der Waals surface area contributed by atoms with E-state index in [1.165, 1.54) is 5.39 Å². The number of nitrogens with one attached hydrogen (secondary N) is 1. The summed E-state index contributed by atoms with van der Waals surface area (Å²) in [5.74, 6) is -0.980. The predicted octanol–water partition coefficient (Wildman–Crippen LogP) is 2.57. The molecule has 1 amide bonds. The highest BCUT2D eigenvalue weighted by atomic mass is 16.4. The zero-order valence-corrected chi connectivity index (χ0v) is 13.7. The maximum atomic E-state index is 12.3. The molecule has 1 heterocycles. The smallest absolute Gasteiger partial charge is 0.320 e. The molecule has 5 heteroatoms. The Morgan fingerprint density at radius 2 is 2.00 bits per heavy atom. The van der Waals surface area contributed by atoms with Crippen molar-refractivity contribution in [3.8, 4) is 0 Å². The molecular formula is C19H22N2O3. The Bertz CT molecular complexity index is 759. The minimum Gasteiger partial charge on any atom is -0.480 e. The molecule has 2 atom stereocenters. The first-order valence-electron chi connectivity index (χ1n) is 8.29. The largest absolute Gasteiger partial charge is 0.480 e. The van der Waals surface area contributed by atoms with Crippen LogP contribution in [0.5, 0.6) is 0 Å². The molecule has 0 aliphatic carbocycles. The zero-order chi connectivity index (χ0) is 17.1. The molecule has 2 aromatic rings. The van der Waals surface area contributed by atoms with E-state index in [4.69, 9.17) is 0 Å². The number of carbonyl (C=O) groups is 2. The molecule has 24 heavy (non-hydrogen) atoms. The van der Waals surface area contributed by atoms with Crippen molar-refractivity contribution < 1.29 is 14.7 Å². The first kappa shape index (κ1) is 16.5. The van der Waals surface area contributed by atoms with Crippen LogP contribution >= 0.6 is 0 Å². The zero-order valence-electron chi connectivity index (χ0n) is 13.7. The van der Waals surface area contributed by atoms with Gasteiger partial charge in [-0.25, -0.2) is 0 Å². The highest BCUT2D eigenvalue weighted by molar-refractivity contribution is 5.84. The van der Waals surface area contributed by atoms with Crippen LogP contribution in [0.3, 0.4) is 0 Å². The number of amides is 1. The molecule has 0 bridgehead atoms. The molecule has 2 unspecified atom stereocenters. The average molecular weight is 326 g/mol. The van der Waals surface area contributed by atoms with Crippen molar-refractivity contribution in [1.29, 1.82) is 0 Å². The number of rotatable bonds is 5. The van der Waals surface area contributed by atoms with E-state index in [0.29, 0.717) is 13.0 Å². The number of carboxylic acid groups (broad SMARTS) is 1. The molecule has 0 radical (unpaired) electrons. The summed E-state index contributed by atoms with van der Waals surface area (Å²) in [5.41, 5.74) is 1.04. The molecule has 1 aliphatic rings. The van der Waals surface area contributed by atoms with Gasteiger partial charge in [0, 0.05) is 0 Å². The molecule has 2 N–H and O–H groups in total. The Labute approximate surface area is 141 Å². The number of aliphatic carboxylic acids is 1. The minimum absolute atomic E-state index is 0.118. The second kappa shape index (κ2) is 7.01. The van der Waals surface area contributed by atoms with E-state index in [2.05, 4.69) is 23.5 Å². The Morgan fingerprint density at radius 3 is 2.75 bits per heavy atom. The fourth-order valence-electron chi connectivity index (χ4n) is 3.33. The maximum absolute atomic E-state index is 12.3. The van der Waals surface area contributed by atoms with Gasteiger partial charge in [-0.3, -0.25) is 14.5 Å². The Kier molecular flexibility index (Phi) is 4.81. The van der Waals surface area contributed by atoms with Gasteiger partial charge >= 0.3 is 5.97 Å². The first-order chi connectivity index (χ1) is 11.5. The lowest BCUT2D eigenvalue weighted by molar-refractivity contribution is -0.142. The summed E-state index contributed by atoms with van der Waals surface area (Å²) in [6, 6.07) is 13.6. The highest BCUT2D eigenvalue weighted by Gasteiger charge is 2.31. The van der Waals surface area contributed by atoms with Crippen molar-refractivity contribution in [2.24, 2.45) is 0 Å². The van der Waals surface area contributed by atoms with Gasteiger partial charge in [0.25, 0.3) is 0 Å². The molecule has 5 nitrogen and oxygen atoms in total. The quantitative estimate of drug-likeness (QED) is 0.886. The lowest BCUT2D eigenvalue weighted by atomic mass is 10.0. The number of likely N-dealkylation sites (tertiary alicyclic amines) is 1. The summed E-state index contributed by atoms with van der Waals surface area (Å²) in [5, 5.41) is 14.5. The van der Waals surface area contributed by atoms with Crippen molar-refractivity contribution in [1.82, 2.24) is 10.2 Å². The second-order valence-corrected chi connectivity index (χ2v) is 6.36. The summed E-state index contributed by atoms with van der Waals surface area (Å²) >= 11 is 0. The monoisotopic (exact) mass is 326 g/mol. The Morgan fingerprint density at radius 1 is 1.25 bits per heavy atom. The molecule has 0 aromatic heterocycles. The van der Waals surface area contributed by atoms with Crippen LogP contribution in [-0.2, 0) is 9.59 Å². The van der Waals surface area contributed by atoms with Gasteiger partial charge in [0.1, 0.15) is 6.04 Å². The van der Waals surface area contributed by atoms with Crippen LogP contribution in [0.25, 0.3) is 10.8 Å². The van der Waals surface area contributed by atoms with Gasteiger partial charge in [0.15, 0.2) is 0 Å². The molecule has 1 saturated heterocycles. The summed E-state index contributed by atoms with van der Waals surface area (Å²) in [4.78, 5) is 25.2. The van der Waals surface area contributed by atoms with E-state index in [0.717, 1.165) is 17.4 Å². The lowest BCUT2D eigenvalue weighted by Crippen LogP contribution is -2.43. The standard InChI is InChI=1S/C19H22N2O3/c1-13(15-9-8-14-5-2-3-6-16(14)11-15)20-18(22)12-21-10-4-7-17(21)19(23)24/h2-3,5-6,8-9,11,13,17H,4,7,10,12H2,1H3,(H,20,22)(H,23,24). The number of nitrogens with zero attached hydrogens (tertiary/aromatic N) is 1. The summed E-state index contributed by atoms with van der Waals surface area (Å²) in [6.45, 7) is 2.74. The number of carboxylic acids is 1. The van der Waals surface area contributed by atoms with Crippen molar-refractivity contribution in [2.45, 2.75) is 31.8 Å². The van der Waals surface area contributed by atoms with Gasteiger partial charge < -0.3 is 10.4 Å². The van der Waals surface area contributed by atoms with Gasteiger partial charge in [-0.15, -0.1) is 0 Å². The molecule has 3 rings (SSSR count). The highest BCUT2D eigenvalue weighted by Crippen LogP contribution is 2.21. The van der Waals surface area contributed by atoms with Crippen LogP contribution in [0.2, 0.25) is 0 Å². The van der Waals surface area contributed by atoms with E-state index < -0.39 is 12.0 Å². The van der Waals surface area contributed by atoms with Crippen molar-refractivity contribution >= 4 is 22.6 Å². The van der Waals surface area contributed by atoms with Gasteiger partial charge in [-0.1, -0.05) is 36.4 Å². The van der Waals surface area contributed by atoms with Crippen LogP contribution < -0.4 is 5.32 Å². The molecule has 1 fully saturated rings. The molecular weight excluding hydrogens is 304 g/mol. The van der Waals surface area contributed by atoms with Gasteiger partial charge in [0.2, 0.25) is 5.91 Å². The molecule has 0 saturated carbocycles. The van der Waals surface area contributed by atoms with Crippen molar-refractivity contribution in [2.75, 3.05) is 13.1 Å². The number of fused-ring (bicyclic) bond motifs is 1. The number of hydrogen-bond donors (Lipinski definition) is 2. The third kappa shape index (κ3) is 3.57. The summed E-state index contributed by atoms with van der Waals surface area (Å²) < 4.78 is 0. The third-order valence-corrected chi connectivity index (χ3v) is 4.65. The first-order valence-corrected chi connectivity index (χ1v) is 8.29. The molecule has 2 aromatic carbocycles. The molecule has 1 aliphatic heterocycles. The summed E-state index contributed by atoms with van der Waals surface area (Å²) in [7, 11) is 0. The van der Waals surface area contributed by atoms with E-state index in [-0.39, 0.29) is 18.5 Å². The fraction of sp³-hybridized carbons (Fsp3) is 0.368. The molecule has 126 valence electrons. The van der Waals surface area contributed by atoms with E-state index in [1.807, 2.05) is 31.2 Å². The van der Waals surface area contributed by atoms with Crippen LogP contribution in [0.1, 0.15) is 31.4 Å². The van der Waals surface area contributed by atoms with Crippen LogP contribution in [0.15, 0.2) is 42.5 Å². The SMILES string of the molecule is CC(NC(=O)CN1CCCC1C(=O)O)c1ccc2ccccc2c1. The van der Waals surface area contributed by atoms with Gasteiger partial charge in [-0.05, 0) is 48.7 Å². The summed E-state index contributed by atoms with van der Waals surface area (Å²) in [6.07, 6.45) is 1.44. The fourth-order valence-corrected chi connectivity index (χ4v) is 3.33. The Hall–Kier alpha value is -2.40. The lowest BCUT2D eigenvalue weighted by Gasteiger charge is -2.22. The van der Waals surface area contributed by atoms with Crippen LogP contribution in [0.4, 0.5) is 0 Å². The maximum Gasteiger partial charge on any atom is 0.320 e. The van der Waals surface area contributed by atoms with Crippen LogP contribution in [-0.4, -0.2) is 41.0 Å². The minimum atomic E-state index is -0.845. The molecule has 0 spiro atoms. The predicted molar refractivity (Wildman–Crippen MR) is 92.7 cm³/mol. The Balaban J connectivity index is 1.63. The van der Waals surface area contributed by atoms with Crippen molar-refractivity contribution in [3.05, 3.63) is 48.0 Å². The topological polar surface area (TPSA) is 69.6 Å². The van der Waals surface area contributed by atoms with Crippen LogP contribution in [0, 0.1) is 0 Å². The van der Waals surface area contributed by atoms with E-state index in [9.17, 15) is 14.7 Å². The van der Waals surface area contributed by atoms with Gasteiger partial charge in [-0.2, -0.15) is 0 Å². The number of benzene rings is 2. The van der Waals surface area contributed by atoms with Gasteiger partial charge in [0.05, 0.1) is 12.6 Å². The third-order valence-electron chi connectivity index (χ3n) is 4.65. The normalized spacial score (nSPS) is 19.3. The van der Waals surface area contributed by atoms with E-state index in [1.54, 1.807) is 4.90 Å². The average Bonchev–Trinajstić information content (AvgIpc) is 3.02. The number of carbonyl (C=O) groups excluding carboxylic acids is 1.